The van der Waals surface area contributed by atoms with E-state index in [1.807, 2.05) is 13.8 Å². The Kier molecular flexibility index (Phi) is 10.1. The zero-order valence-corrected chi connectivity index (χ0v) is 22.5. The highest BCUT2D eigenvalue weighted by Crippen LogP contribution is 2.33. The van der Waals surface area contributed by atoms with Crippen molar-refractivity contribution in [2.45, 2.75) is 33.4 Å². The Balaban J connectivity index is 2.41. The summed E-state index contributed by atoms with van der Waals surface area (Å²) >= 11 is 18.4. The smallest absolute Gasteiger partial charge is 0.244 e. The highest BCUT2D eigenvalue weighted by Gasteiger charge is 2.31. The molecule has 0 spiro atoms. The lowest BCUT2D eigenvalue weighted by Gasteiger charge is -2.32. The molecule has 1 N–H and O–H groups in total. The van der Waals surface area contributed by atoms with Gasteiger partial charge in [0.15, 0.2) is 0 Å². The standard InChI is InChI=1S/C23H28Cl3N3O4S/c1-15(2)12-27-23(31)16(3)28(13-17-7-5-8-18(24)11-17)21(30)14-29(34(4,32)33)20-10-6-9-19(25)22(20)26/h5-11,15-16H,12-14H2,1-4H3,(H,27,31)/t16-/m1/s1. The zero-order valence-electron chi connectivity index (χ0n) is 19.4. The number of halogens is 3. The second kappa shape index (κ2) is 12.1. The lowest BCUT2D eigenvalue weighted by atomic mass is 10.1. The molecular weight excluding hydrogens is 521 g/mol. The fourth-order valence-electron chi connectivity index (χ4n) is 3.15. The summed E-state index contributed by atoms with van der Waals surface area (Å²) in [5, 5.41) is 3.45. The van der Waals surface area contributed by atoms with Crippen molar-refractivity contribution >= 4 is 62.3 Å². The number of anilines is 1. The SMILES string of the molecule is CC(C)CNC(=O)[C@@H](C)N(Cc1cccc(Cl)c1)C(=O)CN(c1cccc(Cl)c1Cl)S(C)(=O)=O. The third-order valence-electron chi connectivity index (χ3n) is 4.97. The van der Waals surface area contributed by atoms with Crippen molar-refractivity contribution in [1.82, 2.24) is 10.2 Å². The molecule has 2 aromatic rings. The molecule has 11 heteroatoms. The molecule has 0 radical (unpaired) electrons. The van der Waals surface area contributed by atoms with Crippen LogP contribution in [0, 0.1) is 5.92 Å². The van der Waals surface area contributed by atoms with Crippen LogP contribution in [0.1, 0.15) is 26.3 Å². The normalized spacial score (nSPS) is 12.4. The maximum absolute atomic E-state index is 13.5. The summed E-state index contributed by atoms with van der Waals surface area (Å²) in [5.41, 5.74) is 0.765. The summed E-state index contributed by atoms with van der Waals surface area (Å²) in [6, 6.07) is 10.5. The number of hydrogen-bond donors (Lipinski definition) is 1. The Bertz CT molecular complexity index is 1140. The summed E-state index contributed by atoms with van der Waals surface area (Å²) in [4.78, 5) is 27.6. The molecule has 1 atom stereocenters. The third-order valence-corrected chi connectivity index (χ3v) is 7.14. The van der Waals surface area contributed by atoms with Gasteiger partial charge in [-0.05, 0) is 42.7 Å². The fourth-order valence-corrected chi connectivity index (χ4v) is 4.66. The van der Waals surface area contributed by atoms with E-state index in [0.717, 1.165) is 10.6 Å². The molecule has 0 saturated heterocycles. The molecule has 2 rings (SSSR count). The van der Waals surface area contributed by atoms with E-state index >= 15 is 0 Å². The minimum Gasteiger partial charge on any atom is -0.354 e. The number of carbonyl (C=O) groups is 2. The molecular formula is C23H28Cl3N3O4S. The molecule has 0 aromatic heterocycles. The molecule has 0 heterocycles. The molecule has 0 saturated carbocycles. The lowest BCUT2D eigenvalue weighted by molar-refractivity contribution is -0.139. The first-order valence-corrected chi connectivity index (χ1v) is 13.5. The van der Waals surface area contributed by atoms with E-state index in [9.17, 15) is 18.0 Å². The van der Waals surface area contributed by atoms with Crippen LogP contribution < -0.4 is 9.62 Å². The van der Waals surface area contributed by atoms with Crippen molar-refractivity contribution in [1.29, 1.82) is 0 Å². The van der Waals surface area contributed by atoms with Crippen LogP contribution in [-0.4, -0.2) is 50.5 Å². The van der Waals surface area contributed by atoms with Crippen LogP contribution in [0.3, 0.4) is 0 Å². The molecule has 0 unspecified atom stereocenters. The number of rotatable bonds is 10. The topological polar surface area (TPSA) is 86.8 Å². The van der Waals surface area contributed by atoms with Gasteiger partial charge in [0.1, 0.15) is 12.6 Å². The Hall–Kier alpha value is -2.00. The molecule has 7 nitrogen and oxygen atoms in total. The summed E-state index contributed by atoms with van der Waals surface area (Å²) < 4.78 is 26.1. The van der Waals surface area contributed by atoms with Crippen molar-refractivity contribution in [3.05, 3.63) is 63.1 Å². The first-order chi connectivity index (χ1) is 15.8. The van der Waals surface area contributed by atoms with Crippen molar-refractivity contribution in [2.75, 3.05) is 23.7 Å². The average molecular weight is 549 g/mol. The minimum absolute atomic E-state index is 0.00603. The summed E-state index contributed by atoms with van der Waals surface area (Å²) in [7, 11) is -3.91. The summed E-state index contributed by atoms with van der Waals surface area (Å²) in [6.07, 6.45) is 0.970. The first-order valence-electron chi connectivity index (χ1n) is 10.5. The van der Waals surface area contributed by atoms with Gasteiger partial charge in [0.25, 0.3) is 0 Å². The van der Waals surface area contributed by atoms with Crippen LogP contribution in [0.4, 0.5) is 5.69 Å². The molecule has 0 fully saturated rings. The molecule has 2 aromatic carbocycles. The van der Waals surface area contributed by atoms with Crippen LogP contribution >= 0.6 is 34.8 Å². The highest BCUT2D eigenvalue weighted by atomic mass is 35.5. The van der Waals surface area contributed by atoms with Crippen LogP contribution in [-0.2, 0) is 26.2 Å². The van der Waals surface area contributed by atoms with E-state index < -0.39 is 28.5 Å². The summed E-state index contributed by atoms with van der Waals surface area (Å²) in [6.45, 7) is 5.43. The van der Waals surface area contributed by atoms with Gasteiger partial charge in [-0.15, -0.1) is 0 Å². The van der Waals surface area contributed by atoms with Gasteiger partial charge in [0, 0.05) is 18.1 Å². The monoisotopic (exact) mass is 547 g/mol. The van der Waals surface area contributed by atoms with Crippen LogP contribution in [0.15, 0.2) is 42.5 Å². The Morgan fingerprint density at radius 1 is 1.03 bits per heavy atom. The van der Waals surface area contributed by atoms with Crippen molar-refractivity contribution in [3.8, 4) is 0 Å². The fraction of sp³-hybridized carbons (Fsp3) is 0.391. The van der Waals surface area contributed by atoms with Crippen molar-refractivity contribution in [2.24, 2.45) is 5.92 Å². The maximum Gasteiger partial charge on any atom is 0.244 e. The quantitative estimate of drug-likeness (QED) is 0.470. The Morgan fingerprint density at radius 2 is 1.68 bits per heavy atom. The number of sulfonamides is 1. The zero-order chi connectivity index (χ0) is 25.6. The summed E-state index contributed by atoms with van der Waals surface area (Å²) in [5.74, 6) is -0.719. The largest absolute Gasteiger partial charge is 0.354 e. The Labute approximate surface area is 216 Å². The number of nitrogens with zero attached hydrogens (tertiary/aromatic N) is 2. The number of carbonyl (C=O) groups excluding carboxylic acids is 2. The van der Waals surface area contributed by atoms with Gasteiger partial charge < -0.3 is 10.2 Å². The van der Waals surface area contributed by atoms with E-state index in [-0.39, 0.29) is 34.1 Å². The molecule has 0 bridgehead atoms. The number of benzene rings is 2. The number of amides is 2. The van der Waals surface area contributed by atoms with Gasteiger partial charge in [-0.3, -0.25) is 13.9 Å². The predicted molar refractivity (Wildman–Crippen MR) is 138 cm³/mol. The van der Waals surface area contributed by atoms with E-state index in [2.05, 4.69) is 5.32 Å². The molecule has 34 heavy (non-hydrogen) atoms. The number of hydrogen-bond acceptors (Lipinski definition) is 4. The van der Waals surface area contributed by atoms with Crippen molar-refractivity contribution < 1.29 is 18.0 Å². The Morgan fingerprint density at radius 3 is 2.26 bits per heavy atom. The van der Waals surface area contributed by atoms with E-state index in [1.165, 1.54) is 23.1 Å². The number of nitrogens with one attached hydrogen (secondary N) is 1. The minimum atomic E-state index is -3.91. The maximum atomic E-state index is 13.5. The lowest BCUT2D eigenvalue weighted by Crippen LogP contribution is -2.51. The average Bonchev–Trinajstić information content (AvgIpc) is 2.75. The molecule has 186 valence electrons. The van der Waals surface area contributed by atoms with Gasteiger partial charge >= 0.3 is 0 Å². The second-order valence-corrected chi connectivity index (χ2v) is 11.4. The predicted octanol–water partition coefficient (Wildman–Crippen LogP) is 4.60. The molecule has 0 aliphatic heterocycles. The second-order valence-electron chi connectivity index (χ2n) is 8.31. The van der Waals surface area contributed by atoms with Gasteiger partial charge in [-0.2, -0.15) is 0 Å². The molecule has 2 amide bonds. The first kappa shape index (κ1) is 28.2. The third kappa shape index (κ3) is 7.77. The van der Waals surface area contributed by atoms with Gasteiger partial charge in [-0.25, -0.2) is 8.42 Å². The van der Waals surface area contributed by atoms with Gasteiger partial charge in [-0.1, -0.05) is 66.8 Å². The van der Waals surface area contributed by atoms with Crippen molar-refractivity contribution in [3.63, 3.8) is 0 Å². The van der Waals surface area contributed by atoms with E-state index in [1.54, 1.807) is 31.2 Å². The van der Waals surface area contributed by atoms with E-state index in [4.69, 9.17) is 34.8 Å². The molecule has 0 aliphatic rings. The highest BCUT2D eigenvalue weighted by molar-refractivity contribution is 7.92. The van der Waals surface area contributed by atoms with E-state index in [0.29, 0.717) is 17.1 Å². The van der Waals surface area contributed by atoms with Crippen LogP contribution in [0.5, 0.6) is 0 Å². The van der Waals surface area contributed by atoms with Crippen LogP contribution in [0.25, 0.3) is 0 Å². The molecule has 0 aliphatic carbocycles. The van der Waals surface area contributed by atoms with Gasteiger partial charge in [0.05, 0.1) is 22.0 Å². The van der Waals surface area contributed by atoms with Crippen LogP contribution in [0.2, 0.25) is 15.1 Å². The van der Waals surface area contributed by atoms with Gasteiger partial charge in [0.2, 0.25) is 21.8 Å².